The lowest BCUT2D eigenvalue weighted by atomic mass is 10.1. The summed E-state index contributed by atoms with van der Waals surface area (Å²) in [4.78, 5) is 10.8. The van der Waals surface area contributed by atoms with Crippen LogP contribution in [-0.4, -0.2) is 26.3 Å². The van der Waals surface area contributed by atoms with Crippen molar-refractivity contribution in [1.82, 2.24) is 0 Å². The maximum Gasteiger partial charge on any atom is 0.305 e. The van der Waals surface area contributed by atoms with Crippen LogP contribution >= 0.6 is 0 Å². The van der Waals surface area contributed by atoms with Gasteiger partial charge in [0.25, 0.3) is 0 Å². The van der Waals surface area contributed by atoms with Crippen LogP contribution in [0.5, 0.6) is 0 Å². The van der Waals surface area contributed by atoms with E-state index in [1.54, 1.807) is 0 Å². The molecule has 0 aromatic heterocycles. The van der Waals surface area contributed by atoms with E-state index >= 15 is 0 Å². The van der Waals surface area contributed by atoms with Gasteiger partial charge in [-0.15, -0.1) is 0 Å². The molecule has 3 nitrogen and oxygen atoms in total. The van der Waals surface area contributed by atoms with Crippen molar-refractivity contribution in [3.8, 4) is 0 Å². The zero-order valence-electron chi connectivity index (χ0n) is 14.2. The summed E-state index contributed by atoms with van der Waals surface area (Å²) in [5, 5.41) is 0. The molecule has 0 aliphatic heterocycles. The first-order chi connectivity index (χ1) is 9.72. The van der Waals surface area contributed by atoms with Gasteiger partial charge in [0.15, 0.2) is 0 Å². The Morgan fingerprint density at radius 1 is 0.750 bits per heavy atom. The topological polar surface area (TPSA) is 35.5 Å². The van der Waals surface area contributed by atoms with E-state index in [-0.39, 0.29) is 5.97 Å². The van der Waals surface area contributed by atoms with Crippen LogP contribution in [0.1, 0.15) is 85.0 Å². The van der Waals surface area contributed by atoms with E-state index in [0.29, 0.717) is 6.42 Å². The second-order valence-corrected chi connectivity index (χ2v) is 4.94. The van der Waals surface area contributed by atoms with E-state index in [4.69, 9.17) is 4.74 Å². The average molecular weight is 288 g/mol. The van der Waals surface area contributed by atoms with E-state index < -0.39 is 0 Å². The Balaban J connectivity index is 0. The molecule has 0 aromatic rings. The molecule has 0 rings (SSSR count). The van der Waals surface area contributed by atoms with Gasteiger partial charge in [0.05, 0.1) is 7.11 Å². The lowest BCUT2D eigenvalue weighted by Crippen LogP contribution is -1.99. The van der Waals surface area contributed by atoms with E-state index in [1.807, 2.05) is 13.8 Å². The lowest BCUT2D eigenvalue weighted by molar-refractivity contribution is -0.140. The fourth-order valence-corrected chi connectivity index (χ4v) is 1.89. The maximum absolute atomic E-state index is 10.8. The van der Waals surface area contributed by atoms with Gasteiger partial charge in [-0.3, -0.25) is 4.79 Å². The van der Waals surface area contributed by atoms with Crippen LogP contribution in [0.4, 0.5) is 0 Å². The van der Waals surface area contributed by atoms with Gasteiger partial charge in [0.1, 0.15) is 0 Å². The number of ether oxygens (including phenoxy) is 2. The molecule has 0 bridgehead atoms. The summed E-state index contributed by atoms with van der Waals surface area (Å²) in [7, 11) is 1.45. The normalized spacial score (nSPS) is 9.80. The number of esters is 1. The fourth-order valence-electron chi connectivity index (χ4n) is 1.89. The summed E-state index contributed by atoms with van der Waals surface area (Å²) < 4.78 is 9.42. The van der Waals surface area contributed by atoms with Crippen LogP contribution in [0, 0.1) is 0 Å². The van der Waals surface area contributed by atoms with E-state index in [9.17, 15) is 4.79 Å². The monoisotopic (exact) mass is 288 g/mol. The second-order valence-electron chi connectivity index (χ2n) is 4.94. The SMILES string of the molecule is CCCCCCCCCCCC(=O)OC.CCOCC. The Morgan fingerprint density at radius 3 is 1.55 bits per heavy atom. The molecule has 0 saturated heterocycles. The molecule has 0 aliphatic carbocycles. The number of carbonyl (C=O) groups is 1. The number of hydrogen-bond acceptors (Lipinski definition) is 3. The van der Waals surface area contributed by atoms with Crippen LogP contribution in [0.2, 0.25) is 0 Å². The number of methoxy groups -OCH3 is 1. The summed E-state index contributed by atoms with van der Waals surface area (Å²) in [6.07, 6.45) is 12.2. The van der Waals surface area contributed by atoms with Crippen LogP contribution in [0.15, 0.2) is 0 Å². The Morgan fingerprint density at radius 2 is 1.20 bits per heavy atom. The largest absolute Gasteiger partial charge is 0.469 e. The third-order valence-corrected chi connectivity index (χ3v) is 3.12. The van der Waals surface area contributed by atoms with Gasteiger partial charge in [-0.25, -0.2) is 0 Å². The third-order valence-electron chi connectivity index (χ3n) is 3.12. The Kier molecular flexibility index (Phi) is 22.5. The highest BCUT2D eigenvalue weighted by atomic mass is 16.5. The highest BCUT2D eigenvalue weighted by molar-refractivity contribution is 5.68. The minimum atomic E-state index is -0.0713. The number of hydrogen-bond donors (Lipinski definition) is 0. The summed E-state index contributed by atoms with van der Waals surface area (Å²) in [6.45, 7) is 7.91. The van der Waals surface area contributed by atoms with Crippen molar-refractivity contribution >= 4 is 5.97 Å². The standard InChI is InChI=1S/C13H26O2.C4H10O/c1-3-4-5-6-7-8-9-10-11-12-13(14)15-2;1-3-5-4-2/h3-12H2,1-2H3;3-4H2,1-2H3. The third kappa shape index (κ3) is 22.6. The summed E-state index contributed by atoms with van der Waals surface area (Å²) in [5.41, 5.74) is 0. The first-order valence-corrected chi connectivity index (χ1v) is 8.37. The summed E-state index contributed by atoms with van der Waals surface area (Å²) >= 11 is 0. The van der Waals surface area contributed by atoms with Crippen LogP contribution in [-0.2, 0) is 14.3 Å². The Bertz CT molecular complexity index is 179. The van der Waals surface area contributed by atoms with Gasteiger partial charge in [0.2, 0.25) is 0 Å². The fraction of sp³-hybridized carbons (Fsp3) is 0.941. The molecule has 0 aliphatic rings. The highest BCUT2D eigenvalue weighted by Crippen LogP contribution is 2.10. The first-order valence-electron chi connectivity index (χ1n) is 8.37. The van der Waals surface area contributed by atoms with Crippen molar-refractivity contribution in [3.05, 3.63) is 0 Å². The summed E-state index contributed by atoms with van der Waals surface area (Å²) in [6, 6.07) is 0. The van der Waals surface area contributed by atoms with E-state index in [1.165, 1.54) is 58.5 Å². The molecule has 122 valence electrons. The molecule has 0 amide bonds. The van der Waals surface area contributed by atoms with Crippen molar-refractivity contribution in [2.75, 3.05) is 20.3 Å². The Hall–Kier alpha value is -0.570. The van der Waals surface area contributed by atoms with Gasteiger partial charge < -0.3 is 9.47 Å². The van der Waals surface area contributed by atoms with Gasteiger partial charge >= 0.3 is 5.97 Å². The number of rotatable bonds is 12. The van der Waals surface area contributed by atoms with Gasteiger partial charge in [0, 0.05) is 19.6 Å². The molecule has 0 radical (unpaired) electrons. The molecule has 20 heavy (non-hydrogen) atoms. The average Bonchev–Trinajstić information content (AvgIpc) is 2.46. The zero-order valence-corrected chi connectivity index (χ0v) is 14.2. The molecule has 0 N–H and O–H groups in total. The van der Waals surface area contributed by atoms with Crippen LogP contribution in [0.3, 0.4) is 0 Å². The second kappa shape index (κ2) is 20.7. The van der Waals surface area contributed by atoms with Crippen LogP contribution in [0.25, 0.3) is 0 Å². The molecule has 0 atom stereocenters. The quantitative estimate of drug-likeness (QED) is 0.369. The smallest absolute Gasteiger partial charge is 0.305 e. The molecule has 0 unspecified atom stereocenters. The minimum Gasteiger partial charge on any atom is -0.469 e. The molecular formula is C17H36O3. The summed E-state index contributed by atoms with van der Waals surface area (Å²) in [5.74, 6) is -0.0713. The van der Waals surface area contributed by atoms with Gasteiger partial charge in [-0.05, 0) is 20.3 Å². The van der Waals surface area contributed by atoms with Crippen molar-refractivity contribution in [2.45, 2.75) is 85.0 Å². The van der Waals surface area contributed by atoms with E-state index in [2.05, 4.69) is 11.7 Å². The number of unbranched alkanes of at least 4 members (excludes halogenated alkanes) is 8. The van der Waals surface area contributed by atoms with Crippen molar-refractivity contribution < 1.29 is 14.3 Å². The molecule has 3 heteroatoms. The minimum absolute atomic E-state index is 0.0713. The molecule has 0 saturated carbocycles. The lowest BCUT2D eigenvalue weighted by Gasteiger charge is -2.01. The molecular weight excluding hydrogens is 252 g/mol. The molecule has 0 fully saturated rings. The molecule has 0 heterocycles. The van der Waals surface area contributed by atoms with Crippen molar-refractivity contribution in [1.29, 1.82) is 0 Å². The zero-order chi connectivity index (χ0) is 15.5. The van der Waals surface area contributed by atoms with Crippen molar-refractivity contribution in [3.63, 3.8) is 0 Å². The van der Waals surface area contributed by atoms with Gasteiger partial charge in [-0.1, -0.05) is 58.3 Å². The molecule has 0 spiro atoms. The van der Waals surface area contributed by atoms with Crippen molar-refractivity contribution in [2.24, 2.45) is 0 Å². The highest BCUT2D eigenvalue weighted by Gasteiger charge is 1.98. The predicted octanol–water partition coefficient (Wildman–Crippen LogP) is 5.12. The first kappa shape index (κ1) is 21.7. The predicted molar refractivity (Wildman–Crippen MR) is 86.0 cm³/mol. The van der Waals surface area contributed by atoms with E-state index in [0.717, 1.165) is 19.6 Å². The Labute approximate surface area is 126 Å². The maximum atomic E-state index is 10.8. The molecule has 0 aromatic carbocycles. The van der Waals surface area contributed by atoms with Gasteiger partial charge in [-0.2, -0.15) is 0 Å². The number of carbonyl (C=O) groups excluding carboxylic acids is 1. The van der Waals surface area contributed by atoms with Crippen LogP contribution < -0.4 is 0 Å².